The summed E-state index contributed by atoms with van der Waals surface area (Å²) in [6.07, 6.45) is 1.49. The molecule has 0 unspecified atom stereocenters. The Morgan fingerprint density at radius 2 is 2.18 bits per heavy atom. The maximum atomic E-state index is 9.92. The molecule has 1 rings (SSSR count). The van der Waals surface area contributed by atoms with E-state index in [0.717, 1.165) is 4.90 Å². The maximum Gasteiger partial charge on any atom is 0.240 e. The normalized spacial score (nSPS) is 8.82. The van der Waals surface area contributed by atoms with Crippen LogP contribution in [0.5, 0.6) is 0 Å². The molecule has 0 aliphatic carbocycles. The molecular formula is C7H5NOS2. The van der Waals surface area contributed by atoms with Crippen LogP contribution in [0.25, 0.3) is 0 Å². The Hall–Kier alpha value is -0.700. The number of thiol groups is 1. The molecule has 0 saturated heterocycles. The lowest BCUT2D eigenvalue weighted by atomic mass is 10.3. The number of carbonyl (C=O) groups excluding carboxylic acids is 1. The number of benzene rings is 1. The van der Waals surface area contributed by atoms with E-state index < -0.39 is 0 Å². The van der Waals surface area contributed by atoms with E-state index in [-0.39, 0.29) is 0 Å². The van der Waals surface area contributed by atoms with Crippen LogP contribution in [0.1, 0.15) is 0 Å². The van der Waals surface area contributed by atoms with Crippen LogP contribution >= 0.6 is 22.5 Å². The molecule has 0 atom stereocenters. The van der Waals surface area contributed by atoms with Crippen LogP contribution in [0.15, 0.2) is 34.2 Å². The second-order valence-corrected chi connectivity index (χ2v) is 2.93. The van der Waals surface area contributed by atoms with E-state index in [2.05, 4.69) is 16.7 Å². The Morgan fingerprint density at radius 3 is 2.82 bits per heavy atom. The highest BCUT2D eigenvalue weighted by Crippen LogP contribution is 2.30. The molecule has 0 aliphatic heterocycles. The molecule has 11 heavy (non-hydrogen) atoms. The average molecular weight is 183 g/mol. The predicted molar refractivity (Wildman–Crippen MR) is 49.1 cm³/mol. The SMILES string of the molecule is O=C=Nc1ccccc1SS. The first-order valence-electron chi connectivity index (χ1n) is 2.87. The van der Waals surface area contributed by atoms with Gasteiger partial charge in [-0.15, -0.1) is 11.7 Å². The summed E-state index contributed by atoms with van der Waals surface area (Å²) in [4.78, 5) is 14.3. The first-order chi connectivity index (χ1) is 5.38. The number of hydrogen-bond acceptors (Lipinski definition) is 4. The molecule has 1 aromatic carbocycles. The van der Waals surface area contributed by atoms with Gasteiger partial charge in [-0.1, -0.05) is 22.9 Å². The smallest absolute Gasteiger partial charge is 0.211 e. The number of isocyanates is 1. The van der Waals surface area contributed by atoms with E-state index in [1.807, 2.05) is 18.2 Å². The average Bonchev–Trinajstić information content (AvgIpc) is 2.06. The second-order valence-electron chi connectivity index (χ2n) is 1.76. The minimum atomic E-state index is 0.613. The van der Waals surface area contributed by atoms with Crippen molar-refractivity contribution in [2.45, 2.75) is 4.90 Å². The number of hydrogen-bond donors (Lipinski definition) is 1. The van der Waals surface area contributed by atoms with E-state index in [1.54, 1.807) is 6.07 Å². The Bertz CT molecular complexity index is 294. The lowest BCUT2D eigenvalue weighted by Gasteiger charge is -1.96. The molecule has 0 spiro atoms. The van der Waals surface area contributed by atoms with Gasteiger partial charge >= 0.3 is 0 Å². The summed E-state index contributed by atoms with van der Waals surface area (Å²) < 4.78 is 0. The van der Waals surface area contributed by atoms with Gasteiger partial charge in [0.15, 0.2) is 0 Å². The van der Waals surface area contributed by atoms with E-state index in [4.69, 9.17) is 0 Å². The summed E-state index contributed by atoms with van der Waals surface area (Å²) in [5.41, 5.74) is 0.613. The number of rotatable bonds is 2. The first-order valence-corrected chi connectivity index (χ1v) is 4.73. The van der Waals surface area contributed by atoms with Gasteiger partial charge in [-0.25, -0.2) is 4.79 Å². The van der Waals surface area contributed by atoms with Crippen LogP contribution in [0.2, 0.25) is 0 Å². The van der Waals surface area contributed by atoms with E-state index >= 15 is 0 Å². The molecule has 0 heterocycles. The van der Waals surface area contributed by atoms with Crippen LogP contribution in [0, 0.1) is 0 Å². The van der Waals surface area contributed by atoms with Crippen molar-refractivity contribution >= 4 is 34.2 Å². The number of aliphatic imine (C=N–C) groups is 1. The molecule has 56 valence electrons. The Kier molecular flexibility index (Phi) is 3.23. The third-order valence-corrected chi connectivity index (χ3v) is 2.26. The van der Waals surface area contributed by atoms with Crippen LogP contribution in [0.4, 0.5) is 5.69 Å². The van der Waals surface area contributed by atoms with Crippen LogP contribution < -0.4 is 0 Å². The standard InChI is InChI=1S/C7H5NOS2/c9-5-8-6-3-1-2-4-7(6)11-10/h1-4,10H. The van der Waals surface area contributed by atoms with Crippen molar-refractivity contribution < 1.29 is 4.79 Å². The lowest BCUT2D eigenvalue weighted by molar-refractivity contribution is 0.565. The molecule has 1 aromatic rings. The third kappa shape index (κ3) is 2.12. The van der Waals surface area contributed by atoms with Gasteiger partial charge in [-0.05, 0) is 12.1 Å². The summed E-state index contributed by atoms with van der Waals surface area (Å²) in [5, 5.41) is 0. The van der Waals surface area contributed by atoms with Crippen molar-refractivity contribution in [2.24, 2.45) is 4.99 Å². The van der Waals surface area contributed by atoms with Gasteiger partial charge in [0.2, 0.25) is 6.08 Å². The molecule has 0 radical (unpaired) electrons. The summed E-state index contributed by atoms with van der Waals surface area (Å²) >= 11 is 4.00. The molecule has 0 aromatic heterocycles. The fraction of sp³-hybridized carbons (Fsp3) is 0. The van der Waals surface area contributed by atoms with E-state index in [0.29, 0.717) is 5.69 Å². The lowest BCUT2D eigenvalue weighted by Crippen LogP contribution is -1.68. The van der Waals surface area contributed by atoms with Crippen LogP contribution in [-0.4, -0.2) is 6.08 Å². The van der Waals surface area contributed by atoms with Crippen molar-refractivity contribution in [2.75, 3.05) is 0 Å². The molecule has 0 N–H and O–H groups in total. The van der Waals surface area contributed by atoms with Gasteiger partial charge in [0.25, 0.3) is 0 Å². The molecule has 0 aliphatic rings. The molecule has 0 fully saturated rings. The van der Waals surface area contributed by atoms with Crippen molar-refractivity contribution in [3.63, 3.8) is 0 Å². The van der Waals surface area contributed by atoms with Gasteiger partial charge in [0.05, 0.1) is 5.69 Å². The number of nitrogens with zero attached hydrogens (tertiary/aromatic N) is 1. The predicted octanol–water partition coefficient (Wildman–Crippen LogP) is 2.59. The van der Waals surface area contributed by atoms with Gasteiger partial charge in [0.1, 0.15) is 0 Å². The Morgan fingerprint density at radius 1 is 1.45 bits per heavy atom. The third-order valence-electron chi connectivity index (χ3n) is 1.13. The highest BCUT2D eigenvalue weighted by atomic mass is 33.1. The van der Waals surface area contributed by atoms with Crippen LogP contribution in [0.3, 0.4) is 0 Å². The van der Waals surface area contributed by atoms with Crippen molar-refractivity contribution in [1.29, 1.82) is 0 Å². The van der Waals surface area contributed by atoms with Gasteiger partial charge in [-0.2, -0.15) is 4.99 Å². The topological polar surface area (TPSA) is 29.4 Å². The molecule has 0 saturated carbocycles. The van der Waals surface area contributed by atoms with Crippen molar-refractivity contribution in [1.82, 2.24) is 0 Å². The van der Waals surface area contributed by atoms with Crippen LogP contribution in [-0.2, 0) is 4.79 Å². The highest BCUT2D eigenvalue weighted by molar-refractivity contribution is 8.68. The molecule has 0 bridgehead atoms. The summed E-state index contributed by atoms with van der Waals surface area (Å²) in [5.74, 6) is 0. The van der Waals surface area contributed by atoms with Crippen molar-refractivity contribution in [3.05, 3.63) is 24.3 Å². The monoisotopic (exact) mass is 183 g/mol. The fourth-order valence-corrected chi connectivity index (χ4v) is 1.49. The fourth-order valence-electron chi connectivity index (χ4n) is 0.676. The zero-order valence-corrected chi connectivity index (χ0v) is 7.23. The highest BCUT2D eigenvalue weighted by Gasteiger charge is 1.96. The molecule has 4 heteroatoms. The minimum Gasteiger partial charge on any atom is -0.211 e. The Balaban J connectivity index is 3.11. The summed E-state index contributed by atoms with van der Waals surface area (Å²) in [6.45, 7) is 0. The van der Waals surface area contributed by atoms with Gasteiger partial charge < -0.3 is 0 Å². The Labute approximate surface area is 73.5 Å². The second kappa shape index (κ2) is 4.23. The first kappa shape index (κ1) is 8.40. The zero-order chi connectivity index (χ0) is 8.10. The summed E-state index contributed by atoms with van der Waals surface area (Å²) in [7, 11) is 1.26. The maximum absolute atomic E-state index is 9.92. The zero-order valence-electron chi connectivity index (χ0n) is 5.52. The quantitative estimate of drug-likeness (QED) is 0.330. The molecule has 0 amide bonds. The van der Waals surface area contributed by atoms with Gasteiger partial charge in [-0.3, -0.25) is 0 Å². The largest absolute Gasteiger partial charge is 0.240 e. The van der Waals surface area contributed by atoms with E-state index in [1.165, 1.54) is 16.9 Å². The van der Waals surface area contributed by atoms with Crippen molar-refractivity contribution in [3.8, 4) is 0 Å². The molecule has 2 nitrogen and oxygen atoms in total. The molecular weight excluding hydrogens is 178 g/mol. The summed E-state index contributed by atoms with van der Waals surface area (Å²) in [6, 6.07) is 7.25. The number of para-hydroxylation sites is 1. The minimum absolute atomic E-state index is 0.613. The van der Waals surface area contributed by atoms with Gasteiger partial charge in [0, 0.05) is 4.90 Å². The van der Waals surface area contributed by atoms with E-state index in [9.17, 15) is 4.79 Å².